The van der Waals surface area contributed by atoms with Crippen molar-refractivity contribution in [1.29, 1.82) is 0 Å². The van der Waals surface area contributed by atoms with E-state index in [9.17, 15) is 12.9 Å². The van der Waals surface area contributed by atoms with Crippen molar-refractivity contribution in [3.63, 3.8) is 0 Å². The molecule has 0 fully saturated rings. The van der Waals surface area contributed by atoms with Crippen molar-refractivity contribution in [1.82, 2.24) is 0 Å². The zero-order valence-corrected chi connectivity index (χ0v) is 5.38. The summed E-state index contributed by atoms with van der Waals surface area (Å²) >= 11 is 0. The molecule has 0 aromatic carbocycles. The lowest BCUT2D eigenvalue weighted by Gasteiger charge is -1.57. The molecule has 1 aromatic heterocycles. The fourth-order valence-corrected chi connectivity index (χ4v) is 0.291. The summed E-state index contributed by atoms with van der Waals surface area (Å²) in [4.78, 5) is 0. The van der Waals surface area contributed by atoms with Crippen LogP contribution in [0, 0.1) is 0 Å². The first-order chi connectivity index (χ1) is 4.73. The van der Waals surface area contributed by atoms with E-state index in [0.717, 1.165) is 0 Å². The Kier molecular flexibility index (Phi) is 10.2. The van der Waals surface area contributed by atoms with E-state index in [0.29, 0.717) is 0 Å². The quantitative estimate of drug-likeness (QED) is 0.287. The maximum atomic E-state index is 9.67. The van der Waals surface area contributed by atoms with Crippen LogP contribution in [0.15, 0.2) is 35.1 Å². The van der Waals surface area contributed by atoms with Gasteiger partial charge in [-0.2, -0.15) is 0 Å². The Bertz CT molecular complexity index is 119. The Morgan fingerprint density at radius 1 is 0.909 bits per heavy atom. The molecule has 0 amide bonds. The second-order valence-corrected chi connectivity index (χ2v) is 1.23. The van der Waals surface area contributed by atoms with Crippen molar-refractivity contribution in [3.8, 4) is 0 Å². The lowest BCUT2D eigenvalue weighted by atomic mass is 10.5. The summed E-state index contributed by atoms with van der Waals surface area (Å²) < 4.78 is 33.7. The van der Waals surface area contributed by atoms with E-state index in [1.165, 1.54) is 0 Å². The molecule has 0 aliphatic carbocycles. The van der Waals surface area contributed by atoms with E-state index in [1.54, 1.807) is 12.5 Å². The first-order valence-electron chi connectivity index (χ1n) is 2.46. The van der Waals surface area contributed by atoms with Gasteiger partial charge in [-0.1, -0.05) is 0 Å². The van der Waals surface area contributed by atoms with Gasteiger partial charge in [0.25, 0.3) is 0 Å². The third-order valence-electron chi connectivity index (χ3n) is 0.536. The average molecular weight is 168 g/mol. The molecule has 1 heterocycles. The molecule has 0 unspecified atom stereocenters. The van der Waals surface area contributed by atoms with E-state index in [4.69, 9.17) is 0 Å². The summed E-state index contributed by atoms with van der Waals surface area (Å²) in [5, 5.41) is 0. The largest absolute Gasteiger partial charge is 1.00 e. The predicted molar refractivity (Wildman–Crippen MR) is 32.2 cm³/mol. The van der Waals surface area contributed by atoms with Crippen molar-refractivity contribution < 1.29 is 22.1 Å². The molecule has 0 saturated heterocycles. The summed E-state index contributed by atoms with van der Waals surface area (Å²) in [5.74, 6) is 0. The molecule has 0 atom stereocenters. The van der Waals surface area contributed by atoms with Gasteiger partial charge in [-0.15, -0.1) is 0 Å². The first kappa shape index (κ1) is 12.6. The topological polar surface area (TPSA) is 11.3 Å². The molecule has 6 heteroatoms. The van der Waals surface area contributed by atoms with Crippen LogP contribution >= 0.6 is 0 Å². The molecular formula is C5H5BF4O. The Morgan fingerprint density at radius 3 is 1.36 bits per heavy atom. The zero-order valence-electron chi connectivity index (χ0n) is 5.38. The van der Waals surface area contributed by atoms with Crippen molar-refractivity contribution in [3.05, 3.63) is 30.7 Å². The fourth-order valence-electron chi connectivity index (χ4n) is 0.291. The summed E-state index contributed by atoms with van der Waals surface area (Å²) in [6, 6.07) is 5.57. The van der Waals surface area contributed by atoms with Crippen LogP contribution in [0.4, 0.5) is 12.9 Å². The second kappa shape index (κ2) is 8.93. The molecule has 0 bridgehead atoms. The van der Waals surface area contributed by atoms with E-state index in [-0.39, 0.29) is 4.70 Å². The Morgan fingerprint density at radius 2 is 1.27 bits per heavy atom. The van der Waals surface area contributed by atoms with Gasteiger partial charge in [0.05, 0.1) is 0 Å². The van der Waals surface area contributed by atoms with Gasteiger partial charge in [-0.05, 0) is 6.07 Å². The van der Waals surface area contributed by atoms with Crippen LogP contribution in [0.2, 0.25) is 0 Å². The molecule has 1 nitrogen and oxygen atoms in total. The van der Waals surface area contributed by atoms with Crippen molar-refractivity contribution in [2.24, 2.45) is 0 Å². The van der Waals surface area contributed by atoms with Gasteiger partial charge >= 0.3 is 20.1 Å². The number of rotatable bonds is 0. The minimum atomic E-state index is -3.67. The maximum Gasteiger partial charge on any atom is 0.762 e. The van der Waals surface area contributed by atoms with Crippen molar-refractivity contribution in [2.45, 2.75) is 0 Å². The molecule has 0 aliphatic rings. The highest BCUT2D eigenvalue weighted by Gasteiger charge is 2.06. The zero-order chi connectivity index (χ0) is 7.82. The first-order valence-corrected chi connectivity index (χ1v) is 2.46. The maximum absolute atomic E-state index is 9.67. The minimum absolute atomic E-state index is 0. The molecule has 0 spiro atoms. The van der Waals surface area contributed by atoms with Gasteiger partial charge in [0, 0.05) is 12.1 Å². The van der Waals surface area contributed by atoms with Crippen LogP contribution in [-0.2, 0) is 0 Å². The summed E-state index contributed by atoms with van der Waals surface area (Å²) in [6.45, 7) is 0. The highest BCUT2D eigenvalue weighted by atomic mass is 19.4. The van der Waals surface area contributed by atoms with Crippen LogP contribution in [0.25, 0.3) is 0 Å². The summed E-state index contributed by atoms with van der Waals surface area (Å²) in [5.41, 5.74) is 0. The molecule has 0 saturated carbocycles. The van der Waals surface area contributed by atoms with Crippen molar-refractivity contribution >= 4 is 7.54 Å². The van der Waals surface area contributed by atoms with Crippen LogP contribution in [0.1, 0.15) is 0 Å². The Balaban J connectivity index is 0. The lowest BCUT2D eigenvalue weighted by molar-refractivity contribution is -0.00000525. The van der Waals surface area contributed by atoms with E-state index in [2.05, 4.69) is 4.42 Å². The standard InChI is InChI=1S/C5H5O.BF3.FH/c1-2-4-6-5-3-1;2-1(3)4;/h1-5H;;1H/q+1;;/p-1. The Hall–Kier alpha value is -1.07. The summed E-state index contributed by atoms with van der Waals surface area (Å²) in [6.07, 6.45) is 3.25. The van der Waals surface area contributed by atoms with Gasteiger partial charge < -0.3 is 4.70 Å². The van der Waals surface area contributed by atoms with Crippen LogP contribution in [0.3, 0.4) is 0 Å². The van der Waals surface area contributed by atoms with Gasteiger partial charge in [0.2, 0.25) is 0 Å². The lowest BCUT2D eigenvalue weighted by Crippen LogP contribution is -3.00. The molecule has 0 N–H and O–H groups in total. The number of hydrogen-bond acceptors (Lipinski definition) is 0. The normalized spacial score (nSPS) is 6.82. The molecule has 0 radical (unpaired) electrons. The van der Waals surface area contributed by atoms with Gasteiger partial charge in [0.1, 0.15) is 0 Å². The highest BCUT2D eigenvalue weighted by molar-refractivity contribution is 6.33. The van der Waals surface area contributed by atoms with Gasteiger partial charge in [-0.3, -0.25) is 12.9 Å². The van der Waals surface area contributed by atoms with E-state index < -0.39 is 7.54 Å². The SMILES string of the molecule is FB(F)F.[F-].c1cc[o+]cc1. The molecule has 0 aliphatic heterocycles. The molecule has 62 valence electrons. The highest BCUT2D eigenvalue weighted by Crippen LogP contribution is 1.80. The second-order valence-electron chi connectivity index (χ2n) is 1.23. The Labute approximate surface area is 61.4 Å². The molecular weight excluding hydrogens is 163 g/mol. The molecule has 1 aromatic rings. The third kappa shape index (κ3) is 17.6. The monoisotopic (exact) mass is 168 g/mol. The number of hydrogen-bond donors (Lipinski definition) is 0. The average Bonchev–Trinajstić information content (AvgIpc) is 1.90. The van der Waals surface area contributed by atoms with Gasteiger partial charge in [-0.25, -0.2) is 4.42 Å². The van der Waals surface area contributed by atoms with Crippen LogP contribution < -0.4 is 4.70 Å². The molecule has 1 rings (SSSR count). The van der Waals surface area contributed by atoms with Crippen LogP contribution in [-0.4, -0.2) is 7.54 Å². The van der Waals surface area contributed by atoms with E-state index in [1.807, 2.05) is 18.2 Å². The predicted octanol–water partition coefficient (Wildman–Crippen LogP) is -0.556. The van der Waals surface area contributed by atoms with Gasteiger partial charge in [0.15, 0.2) is 0 Å². The fraction of sp³-hybridized carbons (Fsp3) is 0. The number of halogens is 4. The smallest absolute Gasteiger partial charge is 0.762 e. The van der Waals surface area contributed by atoms with E-state index >= 15 is 0 Å². The van der Waals surface area contributed by atoms with Crippen LogP contribution in [0.5, 0.6) is 0 Å². The molecule has 11 heavy (non-hydrogen) atoms. The minimum Gasteiger partial charge on any atom is -1.00 e. The summed E-state index contributed by atoms with van der Waals surface area (Å²) in [7, 11) is -3.67. The third-order valence-corrected chi connectivity index (χ3v) is 0.536. The van der Waals surface area contributed by atoms with Crippen molar-refractivity contribution in [2.75, 3.05) is 0 Å².